The number of nitrogens with zero attached hydrogens (tertiary/aromatic N) is 1. The maximum absolute atomic E-state index is 13.2. The summed E-state index contributed by atoms with van der Waals surface area (Å²) in [6.07, 6.45) is 5.11. The topological polar surface area (TPSA) is 46.6 Å². The third-order valence-electron chi connectivity index (χ3n) is 4.26. The number of rotatable bonds is 5. The molecule has 0 aromatic heterocycles. The predicted molar refractivity (Wildman–Crippen MR) is 85.4 cm³/mol. The number of hydrogen-bond acceptors (Lipinski definition) is 4. The number of ketones is 1. The molecule has 0 saturated heterocycles. The van der Waals surface area contributed by atoms with Gasteiger partial charge in [-0.05, 0) is 18.4 Å². The first-order chi connectivity index (χ1) is 10.5. The molecule has 0 spiro atoms. The molecular formula is C18H23NO3. The van der Waals surface area contributed by atoms with Crippen LogP contribution in [0.15, 0.2) is 42.1 Å². The molecule has 22 heavy (non-hydrogen) atoms. The Hall–Kier alpha value is -2.10. The van der Waals surface area contributed by atoms with Gasteiger partial charge in [0.1, 0.15) is 5.57 Å². The van der Waals surface area contributed by atoms with E-state index in [0.29, 0.717) is 0 Å². The first-order valence-corrected chi connectivity index (χ1v) is 7.58. The van der Waals surface area contributed by atoms with E-state index in [1.807, 2.05) is 30.3 Å². The average Bonchev–Trinajstić information content (AvgIpc) is 3.03. The monoisotopic (exact) mass is 301 g/mol. The summed E-state index contributed by atoms with van der Waals surface area (Å²) in [6, 6.07) is 9.78. The molecule has 4 nitrogen and oxygen atoms in total. The van der Waals surface area contributed by atoms with E-state index in [1.54, 1.807) is 25.2 Å². The SMILES string of the molecule is COC(=O)/C(=C/N(C)C)C(=O)C1(c2ccccc2)CCCC1. The van der Waals surface area contributed by atoms with Crippen molar-refractivity contribution < 1.29 is 14.3 Å². The summed E-state index contributed by atoms with van der Waals surface area (Å²) < 4.78 is 4.82. The van der Waals surface area contributed by atoms with Crippen LogP contribution in [0.5, 0.6) is 0 Å². The van der Waals surface area contributed by atoms with Gasteiger partial charge < -0.3 is 9.64 Å². The molecule has 4 heteroatoms. The van der Waals surface area contributed by atoms with E-state index in [2.05, 4.69) is 0 Å². The zero-order chi connectivity index (χ0) is 16.2. The van der Waals surface area contributed by atoms with Crippen LogP contribution in [-0.2, 0) is 19.7 Å². The molecule has 0 amide bonds. The fraction of sp³-hybridized carbons (Fsp3) is 0.444. The Balaban J connectivity index is 2.48. The summed E-state index contributed by atoms with van der Waals surface area (Å²) in [5.74, 6) is -0.697. The van der Waals surface area contributed by atoms with Crippen molar-refractivity contribution in [2.24, 2.45) is 0 Å². The molecule has 1 aromatic rings. The second kappa shape index (κ2) is 6.77. The van der Waals surface area contributed by atoms with Gasteiger partial charge in [0.2, 0.25) is 0 Å². The van der Waals surface area contributed by atoms with Gasteiger partial charge in [-0.1, -0.05) is 43.2 Å². The molecule has 0 radical (unpaired) electrons. The van der Waals surface area contributed by atoms with Crippen LogP contribution in [0.4, 0.5) is 0 Å². The maximum Gasteiger partial charge on any atom is 0.343 e. The smallest absolute Gasteiger partial charge is 0.343 e. The van der Waals surface area contributed by atoms with Crippen LogP contribution >= 0.6 is 0 Å². The molecule has 0 aliphatic heterocycles. The Morgan fingerprint density at radius 3 is 2.23 bits per heavy atom. The van der Waals surface area contributed by atoms with E-state index < -0.39 is 11.4 Å². The van der Waals surface area contributed by atoms with Crippen LogP contribution in [0.1, 0.15) is 31.2 Å². The lowest BCUT2D eigenvalue weighted by Crippen LogP contribution is -2.37. The number of methoxy groups -OCH3 is 1. The number of carbonyl (C=O) groups excluding carboxylic acids is 2. The minimum atomic E-state index is -0.600. The highest BCUT2D eigenvalue weighted by Gasteiger charge is 2.45. The summed E-state index contributed by atoms with van der Waals surface area (Å²) in [4.78, 5) is 27.0. The Morgan fingerprint density at radius 2 is 1.73 bits per heavy atom. The molecule has 1 fully saturated rings. The van der Waals surface area contributed by atoms with Gasteiger partial charge in [-0.25, -0.2) is 4.79 Å². The van der Waals surface area contributed by atoms with Gasteiger partial charge in [0.15, 0.2) is 5.78 Å². The maximum atomic E-state index is 13.2. The fourth-order valence-electron chi connectivity index (χ4n) is 3.21. The molecule has 1 aliphatic rings. The van der Waals surface area contributed by atoms with Gasteiger partial charge in [-0.3, -0.25) is 4.79 Å². The lowest BCUT2D eigenvalue weighted by molar-refractivity contribution is -0.138. The molecule has 0 atom stereocenters. The molecule has 118 valence electrons. The van der Waals surface area contributed by atoms with Crippen LogP contribution in [-0.4, -0.2) is 37.9 Å². The Labute approximate surface area is 131 Å². The van der Waals surface area contributed by atoms with Gasteiger partial charge in [-0.15, -0.1) is 0 Å². The zero-order valence-corrected chi connectivity index (χ0v) is 13.5. The van der Waals surface area contributed by atoms with Crippen molar-refractivity contribution in [3.05, 3.63) is 47.7 Å². The molecule has 0 N–H and O–H groups in total. The summed E-state index contributed by atoms with van der Waals surface area (Å²) >= 11 is 0. The van der Waals surface area contributed by atoms with E-state index in [4.69, 9.17) is 4.74 Å². The largest absolute Gasteiger partial charge is 0.465 e. The van der Waals surface area contributed by atoms with E-state index in [-0.39, 0.29) is 11.4 Å². The van der Waals surface area contributed by atoms with Crippen molar-refractivity contribution in [1.29, 1.82) is 0 Å². The van der Waals surface area contributed by atoms with Crippen LogP contribution in [0.2, 0.25) is 0 Å². The summed E-state index contributed by atoms with van der Waals surface area (Å²) in [6.45, 7) is 0. The normalized spacial score (nSPS) is 17.1. The number of ether oxygens (including phenoxy) is 1. The summed E-state index contributed by atoms with van der Waals surface area (Å²) in [5.41, 5.74) is 0.515. The number of esters is 1. The Bertz CT molecular complexity index is 569. The number of hydrogen-bond donors (Lipinski definition) is 0. The third-order valence-corrected chi connectivity index (χ3v) is 4.26. The summed E-state index contributed by atoms with van der Waals surface area (Å²) in [7, 11) is 4.89. The van der Waals surface area contributed by atoms with Crippen molar-refractivity contribution in [3.63, 3.8) is 0 Å². The molecular weight excluding hydrogens is 278 g/mol. The van der Waals surface area contributed by atoms with Gasteiger partial charge in [-0.2, -0.15) is 0 Å². The van der Waals surface area contributed by atoms with Crippen molar-refractivity contribution >= 4 is 11.8 Å². The number of benzene rings is 1. The molecule has 1 saturated carbocycles. The van der Waals surface area contributed by atoms with E-state index in [0.717, 1.165) is 31.2 Å². The van der Waals surface area contributed by atoms with Crippen molar-refractivity contribution in [2.45, 2.75) is 31.1 Å². The van der Waals surface area contributed by atoms with E-state index >= 15 is 0 Å². The first kappa shape index (κ1) is 16.3. The van der Waals surface area contributed by atoms with Crippen molar-refractivity contribution in [1.82, 2.24) is 4.90 Å². The molecule has 1 aromatic carbocycles. The highest BCUT2D eigenvalue weighted by atomic mass is 16.5. The van der Waals surface area contributed by atoms with Crippen LogP contribution in [0, 0.1) is 0 Å². The molecule has 0 heterocycles. The van der Waals surface area contributed by atoms with Crippen LogP contribution < -0.4 is 0 Å². The first-order valence-electron chi connectivity index (χ1n) is 7.58. The number of Topliss-reactive ketones (excluding diaryl/α,β-unsaturated/α-hetero) is 1. The van der Waals surface area contributed by atoms with E-state index in [1.165, 1.54) is 7.11 Å². The van der Waals surface area contributed by atoms with Gasteiger partial charge >= 0.3 is 5.97 Å². The second-order valence-electron chi connectivity index (χ2n) is 5.98. The lowest BCUT2D eigenvalue weighted by Gasteiger charge is -2.29. The van der Waals surface area contributed by atoms with Crippen molar-refractivity contribution in [2.75, 3.05) is 21.2 Å². The fourth-order valence-corrected chi connectivity index (χ4v) is 3.21. The third kappa shape index (κ3) is 3.06. The molecule has 2 rings (SSSR count). The quantitative estimate of drug-likeness (QED) is 0.363. The lowest BCUT2D eigenvalue weighted by atomic mass is 9.73. The Morgan fingerprint density at radius 1 is 1.14 bits per heavy atom. The second-order valence-corrected chi connectivity index (χ2v) is 5.98. The minimum absolute atomic E-state index is 0.123. The van der Waals surface area contributed by atoms with Gasteiger partial charge in [0.05, 0.1) is 12.5 Å². The Kier molecular flexibility index (Phi) is 5.01. The summed E-state index contributed by atoms with van der Waals surface area (Å²) in [5, 5.41) is 0. The highest BCUT2D eigenvalue weighted by Crippen LogP contribution is 2.43. The molecule has 1 aliphatic carbocycles. The van der Waals surface area contributed by atoms with Gasteiger partial charge in [0, 0.05) is 20.3 Å². The average molecular weight is 301 g/mol. The van der Waals surface area contributed by atoms with Gasteiger partial charge in [0.25, 0.3) is 0 Å². The molecule has 0 bridgehead atoms. The van der Waals surface area contributed by atoms with Crippen LogP contribution in [0.25, 0.3) is 0 Å². The number of carbonyl (C=O) groups is 2. The predicted octanol–water partition coefficient (Wildman–Crippen LogP) is 2.69. The zero-order valence-electron chi connectivity index (χ0n) is 13.5. The van der Waals surface area contributed by atoms with Crippen LogP contribution in [0.3, 0.4) is 0 Å². The highest BCUT2D eigenvalue weighted by molar-refractivity contribution is 6.21. The standard InChI is InChI=1S/C18H23NO3/c1-19(2)13-15(17(21)22-3)16(20)18(11-7-8-12-18)14-9-5-4-6-10-14/h4-6,9-10,13H,7-8,11-12H2,1-3H3/b15-13+. The molecule has 0 unspecified atom stereocenters. The minimum Gasteiger partial charge on any atom is -0.465 e. The van der Waals surface area contributed by atoms with Crippen molar-refractivity contribution in [3.8, 4) is 0 Å². The van der Waals surface area contributed by atoms with E-state index in [9.17, 15) is 9.59 Å².